The highest BCUT2D eigenvalue weighted by molar-refractivity contribution is 5.43. The molecule has 0 aromatic heterocycles. The second-order valence-electron chi connectivity index (χ2n) is 3.82. The van der Waals surface area contributed by atoms with Crippen LogP contribution in [0.4, 0.5) is 0 Å². The Labute approximate surface area is 83.5 Å². The summed E-state index contributed by atoms with van der Waals surface area (Å²) in [4.78, 5) is 0. The Morgan fingerprint density at radius 3 is 3.07 bits per heavy atom. The highest BCUT2D eigenvalue weighted by atomic mass is 16.5. The highest BCUT2D eigenvalue weighted by Crippen LogP contribution is 2.37. The van der Waals surface area contributed by atoms with E-state index in [1.807, 2.05) is 6.92 Å². The second kappa shape index (κ2) is 3.50. The monoisotopic (exact) mass is 193 g/mol. The number of aromatic hydroxyl groups is 1. The number of benzene rings is 1. The van der Waals surface area contributed by atoms with E-state index in [0.717, 1.165) is 17.7 Å². The van der Waals surface area contributed by atoms with Gasteiger partial charge in [0.05, 0.1) is 6.61 Å². The predicted octanol–water partition coefficient (Wildman–Crippen LogP) is 1.61. The number of ether oxygens (including phenoxy) is 1. The summed E-state index contributed by atoms with van der Waals surface area (Å²) in [6.07, 6.45) is 0.925. The van der Waals surface area contributed by atoms with Crippen LogP contribution in [0.15, 0.2) is 18.2 Å². The lowest BCUT2D eigenvalue weighted by molar-refractivity contribution is 0.257. The molecule has 2 unspecified atom stereocenters. The van der Waals surface area contributed by atoms with Gasteiger partial charge in [0.2, 0.25) is 0 Å². The molecule has 1 heterocycles. The van der Waals surface area contributed by atoms with Gasteiger partial charge in [0.25, 0.3) is 0 Å². The van der Waals surface area contributed by atoms with Crippen LogP contribution in [0.2, 0.25) is 0 Å². The standard InChI is InChI=1S/C11H15NO2/c1-7(12)9-4-5-14-11-3-2-8(13)6-10(9)11/h2-3,6-7,9,13H,4-5,12H2,1H3. The Balaban J connectivity index is 2.41. The number of phenols is 1. The van der Waals surface area contributed by atoms with Crippen LogP contribution in [0, 0.1) is 0 Å². The third kappa shape index (κ3) is 1.55. The van der Waals surface area contributed by atoms with Crippen molar-refractivity contribution in [2.45, 2.75) is 25.3 Å². The van der Waals surface area contributed by atoms with Gasteiger partial charge in [-0.1, -0.05) is 0 Å². The van der Waals surface area contributed by atoms with Gasteiger partial charge in [0.15, 0.2) is 0 Å². The Kier molecular flexibility index (Phi) is 2.33. The molecular formula is C11H15NO2. The van der Waals surface area contributed by atoms with Crippen molar-refractivity contribution < 1.29 is 9.84 Å². The first kappa shape index (κ1) is 9.34. The maximum atomic E-state index is 9.39. The van der Waals surface area contributed by atoms with E-state index in [1.54, 1.807) is 18.2 Å². The highest BCUT2D eigenvalue weighted by Gasteiger charge is 2.24. The second-order valence-corrected chi connectivity index (χ2v) is 3.82. The number of nitrogens with two attached hydrogens (primary N) is 1. The molecule has 3 N–H and O–H groups in total. The maximum absolute atomic E-state index is 9.39. The summed E-state index contributed by atoms with van der Waals surface area (Å²) in [5, 5.41) is 9.39. The minimum atomic E-state index is 0.0967. The molecule has 0 saturated carbocycles. The van der Waals surface area contributed by atoms with E-state index < -0.39 is 0 Å². The zero-order valence-electron chi connectivity index (χ0n) is 8.23. The van der Waals surface area contributed by atoms with E-state index >= 15 is 0 Å². The molecule has 1 aliphatic heterocycles. The van der Waals surface area contributed by atoms with Crippen molar-refractivity contribution in [3.05, 3.63) is 23.8 Å². The normalized spacial score (nSPS) is 22.3. The molecule has 1 aliphatic rings. The number of hydrogen-bond acceptors (Lipinski definition) is 3. The van der Waals surface area contributed by atoms with Gasteiger partial charge < -0.3 is 15.6 Å². The largest absolute Gasteiger partial charge is 0.508 e. The lowest BCUT2D eigenvalue weighted by Crippen LogP contribution is -2.29. The number of hydrogen-bond donors (Lipinski definition) is 2. The number of rotatable bonds is 1. The lowest BCUT2D eigenvalue weighted by Gasteiger charge is -2.28. The zero-order chi connectivity index (χ0) is 10.1. The van der Waals surface area contributed by atoms with E-state index in [1.165, 1.54) is 0 Å². The minimum Gasteiger partial charge on any atom is -0.508 e. The van der Waals surface area contributed by atoms with Gasteiger partial charge >= 0.3 is 0 Å². The lowest BCUT2D eigenvalue weighted by atomic mass is 9.88. The van der Waals surface area contributed by atoms with E-state index in [2.05, 4.69) is 0 Å². The average Bonchev–Trinajstić information content (AvgIpc) is 2.16. The molecule has 3 nitrogen and oxygen atoms in total. The van der Waals surface area contributed by atoms with Crippen molar-refractivity contribution in [2.24, 2.45) is 5.73 Å². The van der Waals surface area contributed by atoms with Crippen molar-refractivity contribution >= 4 is 0 Å². The van der Waals surface area contributed by atoms with Crippen molar-refractivity contribution in [3.63, 3.8) is 0 Å². The summed E-state index contributed by atoms with van der Waals surface area (Å²) in [7, 11) is 0. The molecular weight excluding hydrogens is 178 g/mol. The van der Waals surface area contributed by atoms with Gasteiger partial charge in [-0.15, -0.1) is 0 Å². The molecule has 2 rings (SSSR count). The van der Waals surface area contributed by atoms with Crippen LogP contribution in [0.5, 0.6) is 11.5 Å². The summed E-state index contributed by atoms with van der Waals surface area (Å²) >= 11 is 0. The van der Waals surface area contributed by atoms with E-state index in [4.69, 9.17) is 10.5 Å². The first-order valence-corrected chi connectivity index (χ1v) is 4.90. The fourth-order valence-corrected chi connectivity index (χ4v) is 1.95. The molecule has 0 fully saturated rings. The molecule has 1 aromatic rings. The van der Waals surface area contributed by atoms with Gasteiger partial charge in [-0.05, 0) is 31.5 Å². The van der Waals surface area contributed by atoms with Crippen LogP contribution in [0.25, 0.3) is 0 Å². The molecule has 76 valence electrons. The molecule has 2 atom stereocenters. The quantitative estimate of drug-likeness (QED) is 0.712. The van der Waals surface area contributed by atoms with E-state index in [-0.39, 0.29) is 11.8 Å². The minimum absolute atomic E-state index is 0.0967. The predicted molar refractivity (Wildman–Crippen MR) is 54.6 cm³/mol. The Morgan fingerprint density at radius 2 is 2.36 bits per heavy atom. The molecule has 0 amide bonds. The van der Waals surface area contributed by atoms with Crippen LogP contribution in [-0.2, 0) is 0 Å². The van der Waals surface area contributed by atoms with Gasteiger partial charge in [-0.25, -0.2) is 0 Å². The summed E-state index contributed by atoms with van der Waals surface area (Å²) in [6.45, 7) is 2.70. The van der Waals surface area contributed by atoms with Crippen LogP contribution < -0.4 is 10.5 Å². The average molecular weight is 193 g/mol. The molecule has 0 saturated heterocycles. The van der Waals surface area contributed by atoms with Crippen molar-refractivity contribution in [2.75, 3.05) is 6.61 Å². The first-order chi connectivity index (χ1) is 6.68. The Hall–Kier alpha value is -1.22. The topological polar surface area (TPSA) is 55.5 Å². The SMILES string of the molecule is CC(N)C1CCOc2ccc(O)cc21. The molecule has 1 aromatic carbocycles. The fourth-order valence-electron chi connectivity index (χ4n) is 1.95. The first-order valence-electron chi connectivity index (χ1n) is 4.90. The van der Waals surface area contributed by atoms with Gasteiger partial charge in [-0.3, -0.25) is 0 Å². The summed E-state index contributed by atoms with van der Waals surface area (Å²) in [5.74, 6) is 1.43. The fraction of sp³-hybridized carbons (Fsp3) is 0.455. The third-order valence-corrected chi connectivity index (χ3v) is 2.71. The van der Waals surface area contributed by atoms with E-state index in [0.29, 0.717) is 12.5 Å². The molecule has 0 aliphatic carbocycles. The molecule has 0 radical (unpaired) electrons. The zero-order valence-corrected chi connectivity index (χ0v) is 8.23. The number of fused-ring (bicyclic) bond motifs is 1. The molecule has 14 heavy (non-hydrogen) atoms. The van der Waals surface area contributed by atoms with Crippen molar-refractivity contribution in [1.82, 2.24) is 0 Å². The molecule has 0 spiro atoms. The van der Waals surface area contributed by atoms with Gasteiger partial charge in [-0.2, -0.15) is 0 Å². The van der Waals surface area contributed by atoms with Gasteiger partial charge in [0.1, 0.15) is 11.5 Å². The summed E-state index contributed by atoms with van der Waals surface area (Å²) in [6, 6.07) is 5.30. The summed E-state index contributed by atoms with van der Waals surface area (Å²) in [5.41, 5.74) is 6.93. The van der Waals surface area contributed by atoms with Crippen LogP contribution in [0.3, 0.4) is 0 Å². The number of phenolic OH excluding ortho intramolecular Hbond substituents is 1. The molecule has 0 bridgehead atoms. The molecule has 3 heteroatoms. The van der Waals surface area contributed by atoms with Crippen LogP contribution in [0.1, 0.15) is 24.8 Å². The Morgan fingerprint density at radius 1 is 1.57 bits per heavy atom. The van der Waals surface area contributed by atoms with Crippen LogP contribution >= 0.6 is 0 Å². The third-order valence-electron chi connectivity index (χ3n) is 2.71. The summed E-state index contributed by atoms with van der Waals surface area (Å²) < 4.78 is 5.49. The maximum Gasteiger partial charge on any atom is 0.123 e. The van der Waals surface area contributed by atoms with Gasteiger partial charge in [0, 0.05) is 17.5 Å². The smallest absolute Gasteiger partial charge is 0.123 e. The van der Waals surface area contributed by atoms with Crippen molar-refractivity contribution in [1.29, 1.82) is 0 Å². The van der Waals surface area contributed by atoms with Crippen LogP contribution in [-0.4, -0.2) is 17.8 Å². The van der Waals surface area contributed by atoms with Crippen molar-refractivity contribution in [3.8, 4) is 11.5 Å². The van der Waals surface area contributed by atoms with E-state index in [9.17, 15) is 5.11 Å². The Bertz CT molecular complexity index is 336.